The lowest BCUT2D eigenvalue weighted by Gasteiger charge is -2.15. The monoisotopic (exact) mass is 352 g/mol. The number of aliphatic carboxylic acids is 1. The lowest BCUT2D eigenvalue weighted by molar-refractivity contribution is -0.138. The van der Waals surface area contributed by atoms with Crippen LogP contribution in [0.25, 0.3) is 0 Å². The van der Waals surface area contributed by atoms with Crippen LogP contribution in [0.4, 0.5) is 0 Å². The molecular weight excluding hydrogens is 328 g/mol. The van der Waals surface area contributed by atoms with Crippen molar-refractivity contribution in [2.45, 2.75) is 37.7 Å². The van der Waals surface area contributed by atoms with Gasteiger partial charge in [0.05, 0.1) is 18.6 Å². The zero-order chi connectivity index (χ0) is 17.9. The van der Waals surface area contributed by atoms with E-state index in [1.807, 2.05) is 42.5 Å². The van der Waals surface area contributed by atoms with Gasteiger partial charge >= 0.3 is 5.97 Å². The van der Waals surface area contributed by atoms with Gasteiger partial charge in [0, 0.05) is 5.92 Å². The van der Waals surface area contributed by atoms with E-state index in [2.05, 4.69) is 12.1 Å². The average Bonchev–Trinajstić information content (AvgIpc) is 3.31. The summed E-state index contributed by atoms with van der Waals surface area (Å²) in [6.45, 7) is 0.493. The van der Waals surface area contributed by atoms with Crippen molar-refractivity contribution in [2.24, 2.45) is 11.8 Å². The zero-order valence-electron chi connectivity index (χ0n) is 14.7. The van der Waals surface area contributed by atoms with Crippen LogP contribution < -0.4 is 9.47 Å². The van der Waals surface area contributed by atoms with Crippen LogP contribution in [-0.4, -0.2) is 23.8 Å². The van der Waals surface area contributed by atoms with Gasteiger partial charge in [-0.25, -0.2) is 0 Å². The Morgan fingerprint density at radius 2 is 1.73 bits per heavy atom. The van der Waals surface area contributed by atoms with E-state index in [0.717, 1.165) is 37.2 Å². The molecule has 0 aromatic heterocycles. The Morgan fingerprint density at radius 1 is 0.962 bits per heavy atom. The van der Waals surface area contributed by atoms with E-state index in [0.29, 0.717) is 12.5 Å². The number of carboxylic acid groups (broad SMARTS) is 1. The van der Waals surface area contributed by atoms with Gasteiger partial charge in [0.2, 0.25) is 0 Å². The molecular formula is C22H24O4. The van der Waals surface area contributed by atoms with Crippen molar-refractivity contribution < 1.29 is 19.4 Å². The molecule has 4 nitrogen and oxygen atoms in total. The second-order valence-electron chi connectivity index (χ2n) is 7.38. The van der Waals surface area contributed by atoms with E-state index < -0.39 is 5.97 Å². The van der Waals surface area contributed by atoms with Crippen LogP contribution in [0.15, 0.2) is 54.6 Å². The van der Waals surface area contributed by atoms with E-state index in [4.69, 9.17) is 14.6 Å². The van der Waals surface area contributed by atoms with Crippen LogP contribution in [0.1, 0.15) is 37.2 Å². The Balaban J connectivity index is 1.27. The topological polar surface area (TPSA) is 55.8 Å². The number of hydrogen-bond donors (Lipinski definition) is 1. The number of hydrogen-bond acceptors (Lipinski definition) is 3. The minimum Gasteiger partial charge on any atom is -0.493 e. The number of carbonyl (C=O) groups is 1. The van der Waals surface area contributed by atoms with E-state index in [-0.39, 0.29) is 17.9 Å². The third-order valence-electron chi connectivity index (χ3n) is 5.49. The summed E-state index contributed by atoms with van der Waals surface area (Å²) >= 11 is 0. The largest absolute Gasteiger partial charge is 0.493 e. The molecule has 0 radical (unpaired) electrons. The highest BCUT2D eigenvalue weighted by Gasteiger charge is 2.43. The smallest absolute Gasteiger partial charge is 0.306 e. The van der Waals surface area contributed by atoms with Gasteiger partial charge in [-0.05, 0) is 61.4 Å². The molecule has 0 amide bonds. The SMILES string of the molecule is O=C(O)[C@H]1C[C@@H]1COc1ccc(C2CC[C@H](Oc3ccccc3)C2)cc1. The first-order valence-corrected chi connectivity index (χ1v) is 9.36. The van der Waals surface area contributed by atoms with Gasteiger partial charge in [-0.15, -0.1) is 0 Å². The van der Waals surface area contributed by atoms with Crippen LogP contribution >= 0.6 is 0 Å². The summed E-state index contributed by atoms with van der Waals surface area (Å²) in [4.78, 5) is 10.9. The van der Waals surface area contributed by atoms with Crippen LogP contribution in [0.3, 0.4) is 0 Å². The Hall–Kier alpha value is -2.49. The van der Waals surface area contributed by atoms with E-state index in [1.54, 1.807) is 0 Å². The van der Waals surface area contributed by atoms with Crippen LogP contribution in [0.2, 0.25) is 0 Å². The molecule has 26 heavy (non-hydrogen) atoms. The van der Waals surface area contributed by atoms with Crippen molar-refractivity contribution in [2.75, 3.05) is 6.61 Å². The first-order valence-electron chi connectivity index (χ1n) is 9.36. The number of ether oxygens (including phenoxy) is 2. The molecule has 2 aromatic carbocycles. The quantitative estimate of drug-likeness (QED) is 0.797. The molecule has 0 heterocycles. The predicted molar refractivity (Wildman–Crippen MR) is 98.6 cm³/mol. The summed E-state index contributed by atoms with van der Waals surface area (Å²) in [5.41, 5.74) is 1.33. The molecule has 0 spiro atoms. The summed E-state index contributed by atoms with van der Waals surface area (Å²) in [6.07, 6.45) is 4.27. The molecule has 1 N–H and O–H groups in total. The molecule has 4 heteroatoms. The van der Waals surface area contributed by atoms with E-state index in [1.165, 1.54) is 5.56 Å². The van der Waals surface area contributed by atoms with Crippen molar-refractivity contribution in [1.82, 2.24) is 0 Å². The number of carboxylic acids is 1. The minimum atomic E-state index is -0.706. The number of benzene rings is 2. The fourth-order valence-corrected chi connectivity index (χ4v) is 3.82. The summed E-state index contributed by atoms with van der Waals surface area (Å²) in [7, 11) is 0. The lowest BCUT2D eigenvalue weighted by Crippen LogP contribution is -2.11. The molecule has 1 unspecified atom stereocenters. The summed E-state index contributed by atoms with van der Waals surface area (Å²) in [6, 6.07) is 18.3. The second kappa shape index (κ2) is 7.40. The van der Waals surface area contributed by atoms with E-state index >= 15 is 0 Å². The molecule has 4 atom stereocenters. The van der Waals surface area contributed by atoms with Crippen molar-refractivity contribution in [3.63, 3.8) is 0 Å². The molecule has 2 aliphatic rings. The predicted octanol–water partition coefficient (Wildman–Crippen LogP) is 4.50. The van der Waals surface area contributed by atoms with Gasteiger partial charge in [-0.3, -0.25) is 4.79 Å². The summed E-state index contributed by atoms with van der Waals surface area (Å²) in [5, 5.41) is 8.93. The average molecular weight is 352 g/mol. The number of rotatable bonds is 7. The van der Waals surface area contributed by atoms with Crippen LogP contribution in [0, 0.1) is 11.8 Å². The highest BCUT2D eigenvalue weighted by Crippen LogP contribution is 2.39. The molecule has 136 valence electrons. The second-order valence-corrected chi connectivity index (χ2v) is 7.38. The summed E-state index contributed by atoms with van der Waals surface area (Å²) < 4.78 is 11.8. The first kappa shape index (κ1) is 17.0. The fourth-order valence-electron chi connectivity index (χ4n) is 3.82. The Bertz CT molecular complexity index is 740. The zero-order valence-corrected chi connectivity index (χ0v) is 14.7. The maximum Gasteiger partial charge on any atom is 0.306 e. The van der Waals surface area contributed by atoms with Crippen LogP contribution in [-0.2, 0) is 4.79 Å². The van der Waals surface area contributed by atoms with E-state index in [9.17, 15) is 4.79 Å². The van der Waals surface area contributed by atoms with Gasteiger partial charge in [-0.1, -0.05) is 30.3 Å². The normalized spacial score (nSPS) is 27.1. The van der Waals surface area contributed by atoms with Crippen LogP contribution in [0.5, 0.6) is 11.5 Å². The van der Waals surface area contributed by atoms with Gasteiger partial charge < -0.3 is 14.6 Å². The maximum absolute atomic E-state index is 10.9. The molecule has 4 rings (SSSR count). The molecule has 2 aliphatic carbocycles. The maximum atomic E-state index is 10.9. The van der Waals surface area contributed by atoms with Crippen molar-refractivity contribution in [1.29, 1.82) is 0 Å². The molecule has 2 aromatic rings. The molecule has 0 aliphatic heterocycles. The third-order valence-corrected chi connectivity index (χ3v) is 5.49. The van der Waals surface area contributed by atoms with Crippen molar-refractivity contribution >= 4 is 5.97 Å². The van der Waals surface area contributed by atoms with Crippen molar-refractivity contribution in [3.05, 3.63) is 60.2 Å². The van der Waals surface area contributed by atoms with Gasteiger partial charge in [0.15, 0.2) is 0 Å². The standard InChI is InChI=1S/C22H24O4/c23-22(24)21-13-17(21)14-25-18-9-6-15(7-10-18)16-8-11-20(12-16)26-19-4-2-1-3-5-19/h1-7,9-10,16-17,20-21H,8,11-14H2,(H,23,24)/t16?,17-,20+,21+/m1/s1. The lowest BCUT2D eigenvalue weighted by atomic mass is 9.97. The van der Waals surface area contributed by atoms with Crippen molar-refractivity contribution in [3.8, 4) is 11.5 Å². The Kier molecular flexibility index (Phi) is 4.83. The first-order chi connectivity index (χ1) is 12.7. The molecule has 2 saturated carbocycles. The number of para-hydroxylation sites is 1. The van der Waals surface area contributed by atoms with Gasteiger partial charge in [0.1, 0.15) is 11.5 Å². The Labute approximate surface area is 153 Å². The fraction of sp³-hybridized carbons (Fsp3) is 0.409. The van der Waals surface area contributed by atoms with Gasteiger partial charge in [0.25, 0.3) is 0 Å². The highest BCUT2D eigenvalue weighted by molar-refractivity contribution is 5.73. The highest BCUT2D eigenvalue weighted by atomic mass is 16.5. The molecule has 0 bridgehead atoms. The third kappa shape index (κ3) is 4.01. The Morgan fingerprint density at radius 3 is 2.42 bits per heavy atom. The molecule has 0 saturated heterocycles. The minimum absolute atomic E-state index is 0.165. The summed E-state index contributed by atoms with van der Waals surface area (Å²) in [5.74, 6) is 1.54. The molecule has 2 fully saturated rings. The van der Waals surface area contributed by atoms with Gasteiger partial charge in [-0.2, -0.15) is 0 Å².